The van der Waals surface area contributed by atoms with Crippen LogP contribution in [0.1, 0.15) is 24.2 Å². The lowest BCUT2D eigenvalue weighted by atomic mass is 10.2. The number of nitrogens with zero attached hydrogens (tertiary/aromatic N) is 1. The molecule has 0 bridgehead atoms. The maximum Gasteiger partial charge on any atom is 0.251 e. The summed E-state index contributed by atoms with van der Waals surface area (Å²) in [6.45, 7) is 4.79. The number of aromatic nitrogens is 1. The normalized spacial score (nSPS) is 9.84. The van der Waals surface area contributed by atoms with E-state index in [9.17, 15) is 9.59 Å². The van der Waals surface area contributed by atoms with E-state index in [-0.39, 0.29) is 17.0 Å². The number of anilines is 1. The van der Waals surface area contributed by atoms with E-state index >= 15 is 0 Å². The fourth-order valence-electron chi connectivity index (χ4n) is 1.42. The molecule has 0 saturated heterocycles. The van der Waals surface area contributed by atoms with Crippen LogP contribution in [-0.4, -0.2) is 36.4 Å². The van der Waals surface area contributed by atoms with E-state index in [2.05, 4.69) is 20.9 Å². The Bertz CT molecular complexity index is 465. The predicted molar refractivity (Wildman–Crippen MR) is 74.4 cm³/mol. The number of hydrogen-bond donors (Lipinski definition) is 3. The Hall–Kier alpha value is -1.82. The Labute approximate surface area is 116 Å². The highest BCUT2D eigenvalue weighted by molar-refractivity contribution is 6.29. The highest BCUT2D eigenvalue weighted by Crippen LogP contribution is 2.14. The molecule has 0 unspecified atom stereocenters. The van der Waals surface area contributed by atoms with Gasteiger partial charge in [0.25, 0.3) is 5.91 Å². The summed E-state index contributed by atoms with van der Waals surface area (Å²) in [5.41, 5.74) is 0.429. The largest absolute Gasteiger partial charge is 0.370 e. The van der Waals surface area contributed by atoms with Crippen molar-refractivity contribution in [2.24, 2.45) is 0 Å². The van der Waals surface area contributed by atoms with Gasteiger partial charge in [-0.1, -0.05) is 11.6 Å². The van der Waals surface area contributed by atoms with Gasteiger partial charge < -0.3 is 16.0 Å². The second-order valence-electron chi connectivity index (χ2n) is 3.83. The summed E-state index contributed by atoms with van der Waals surface area (Å²) in [5.74, 6) is 0.173. The molecule has 0 saturated carbocycles. The Morgan fingerprint density at radius 1 is 1.26 bits per heavy atom. The number of hydrogen-bond acceptors (Lipinski definition) is 4. The molecule has 1 heterocycles. The van der Waals surface area contributed by atoms with Crippen LogP contribution in [0.4, 0.5) is 5.82 Å². The third-order valence-corrected chi connectivity index (χ3v) is 2.39. The first-order valence-corrected chi connectivity index (χ1v) is 6.34. The van der Waals surface area contributed by atoms with Crippen molar-refractivity contribution in [3.05, 3.63) is 22.8 Å². The van der Waals surface area contributed by atoms with E-state index in [1.165, 1.54) is 13.0 Å². The van der Waals surface area contributed by atoms with Gasteiger partial charge in [-0.25, -0.2) is 4.98 Å². The lowest BCUT2D eigenvalue weighted by Gasteiger charge is -2.08. The van der Waals surface area contributed by atoms with Gasteiger partial charge in [-0.2, -0.15) is 0 Å². The highest BCUT2D eigenvalue weighted by Gasteiger charge is 2.08. The zero-order valence-corrected chi connectivity index (χ0v) is 11.7. The molecule has 19 heavy (non-hydrogen) atoms. The van der Waals surface area contributed by atoms with Gasteiger partial charge in [0.1, 0.15) is 11.0 Å². The molecule has 0 aliphatic carbocycles. The Kier molecular flexibility index (Phi) is 6.08. The molecule has 7 heteroatoms. The molecule has 3 N–H and O–H groups in total. The lowest BCUT2D eigenvalue weighted by Crippen LogP contribution is -2.33. The summed E-state index contributed by atoms with van der Waals surface area (Å²) in [6.07, 6.45) is 0. The van der Waals surface area contributed by atoms with Crippen molar-refractivity contribution < 1.29 is 9.59 Å². The molecule has 1 aromatic rings. The highest BCUT2D eigenvalue weighted by atomic mass is 35.5. The van der Waals surface area contributed by atoms with Crippen LogP contribution in [0.25, 0.3) is 0 Å². The quantitative estimate of drug-likeness (QED) is 0.538. The van der Waals surface area contributed by atoms with Crippen molar-refractivity contribution in [2.45, 2.75) is 13.8 Å². The molecule has 0 spiro atoms. The molecule has 0 atom stereocenters. The maximum atomic E-state index is 11.9. The van der Waals surface area contributed by atoms with Crippen LogP contribution in [0.15, 0.2) is 12.1 Å². The molecule has 0 radical (unpaired) electrons. The fraction of sp³-hybridized carbons (Fsp3) is 0.417. The monoisotopic (exact) mass is 284 g/mol. The number of halogens is 1. The predicted octanol–water partition coefficient (Wildman–Crippen LogP) is 1.03. The van der Waals surface area contributed by atoms with Gasteiger partial charge in [0.05, 0.1) is 0 Å². The van der Waals surface area contributed by atoms with Crippen LogP contribution < -0.4 is 16.0 Å². The summed E-state index contributed by atoms with van der Waals surface area (Å²) in [4.78, 5) is 26.6. The molecular formula is C12H17ClN4O2. The molecule has 6 nitrogen and oxygen atoms in total. The average Bonchev–Trinajstić information content (AvgIpc) is 2.34. The number of rotatable bonds is 6. The molecule has 1 aromatic heterocycles. The van der Waals surface area contributed by atoms with Crippen LogP contribution in [0.2, 0.25) is 5.15 Å². The minimum atomic E-state index is -0.256. The third kappa shape index (κ3) is 5.56. The van der Waals surface area contributed by atoms with Crippen LogP contribution in [0.5, 0.6) is 0 Å². The fourth-order valence-corrected chi connectivity index (χ4v) is 1.62. The first-order valence-electron chi connectivity index (χ1n) is 5.97. The van der Waals surface area contributed by atoms with Gasteiger partial charge in [-0.3, -0.25) is 9.59 Å². The SMILES string of the molecule is CCNc1cc(C(=O)NCCNC(C)=O)cc(Cl)n1. The minimum Gasteiger partial charge on any atom is -0.370 e. The van der Waals surface area contributed by atoms with Gasteiger partial charge in [-0.15, -0.1) is 0 Å². The standard InChI is InChI=1S/C12H17ClN4O2/c1-3-14-11-7-9(6-10(13)17-11)12(19)16-5-4-15-8(2)18/h6-7H,3-5H2,1-2H3,(H,14,17)(H,15,18)(H,16,19). The van der Waals surface area contributed by atoms with Crippen molar-refractivity contribution in [1.82, 2.24) is 15.6 Å². The second kappa shape index (κ2) is 7.58. The topological polar surface area (TPSA) is 83.1 Å². The van der Waals surface area contributed by atoms with E-state index in [0.717, 1.165) is 0 Å². The van der Waals surface area contributed by atoms with Crippen molar-refractivity contribution in [1.29, 1.82) is 0 Å². The van der Waals surface area contributed by atoms with Crippen LogP contribution in [0, 0.1) is 0 Å². The van der Waals surface area contributed by atoms with E-state index in [1.807, 2.05) is 6.92 Å². The molecular weight excluding hydrogens is 268 g/mol. The molecule has 0 aliphatic heterocycles. The van der Waals surface area contributed by atoms with Crippen molar-refractivity contribution in [3.8, 4) is 0 Å². The first kappa shape index (κ1) is 15.2. The summed E-state index contributed by atoms with van der Waals surface area (Å²) in [6, 6.07) is 3.12. The van der Waals surface area contributed by atoms with Crippen LogP contribution in [-0.2, 0) is 4.79 Å². The molecule has 0 aromatic carbocycles. The van der Waals surface area contributed by atoms with E-state index < -0.39 is 0 Å². The van der Waals surface area contributed by atoms with Gasteiger partial charge in [0, 0.05) is 32.1 Å². The smallest absolute Gasteiger partial charge is 0.251 e. The molecule has 0 aliphatic rings. The number of amides is 2. The first-order chi connectivity index (χ1) is 9.02. The second-order valence-corrected chi connectivity index (χ2v) is 4.22. The molecule has 2 amide bonds. The van der Waals surface area contributed by atoms with Gasteiger partial charge in [0.2, 0.25) is 5.91 Å². The zero-order valence-electron chi connectivity index (χ0n) is 10.9. The average molecular weight is 285 g/mol. The number of carbonyl (C=O) groups excluding carboxylic acids is 2. The number of nitrogens with one attached hydrogen (secondary N) is 3. The Morgan fingerprint density at radius 2 is 1.95 bits per heavy atom. The Morgan fingerprint density at radius 3 is 2.58 bits per heavy atom. The van der Waals surface area contributed by atoms with Gasteiger partial charge >= 0.3 is 0 Å². The molecule has 104 valence electrons. The van der Waals surface area contributed by atoms with Crippen molar-refractivity contribution in [2.75, 3.05) is 25.0 Å². The van der Waals surface area contributed by atoms with E-state index in [0.29, 0.717) is 31.0 Å². The van der Waals surface area contributed by atoms with Crippen LogP contribution in [0.3, 0.4) is 0 Å². The zero-order chi connectivity index (χ0) is 14.3. The minimum absolute atomic E-state index is 0.129. The number of carbonyl (C=O) groups is 2. The van der Waals surface area contributed by atoms with Crippen molar-refractivity contribution >= 4 is 29.2 Å². The van der Waals surface area contributed by atoms with Gasteiger partial charge in [0.15, 0.2) is 0 Å². The number of pyridine rings is 1. The van der Waals surface area contributed by atoms with Gasteiger partial charge in [-0.05, 0) is 19.1 Å². The van der Waals surface area contributed by atoms with E-state index in [4.69, 9.17) is 11.6 Å². The molecule has 1 rings (SSSR count). The lowest BCUT2D eigenvalue weighted by molar-refractivity contribution is -0.118. The summed E-state index contributed by atoms with van der Waals surface area (Å²) < 4.78 is 0. The maximum absolute atomic E-state index is 11.9. The summed E-state index contributed by atoms with van der Waals surface area (Å²) in [5, 5.41) is 8.52. The van der Waals surface area contributed by atoms with E-state index in [1.54, 1.807) is 6.07 Å². The summed E-state index contributed by atoms with van der Waals surface area (Å²) in [7, 11) is 0. The van der Waals surface area contributed by atoms with Crippen molar-refractivity contribution in [3.63, 3.8) is 0 Å². The molecule has 0 fully saturated rings. The van der Waals surface area contributed by atoms with Crippen LogP contribution >= 0.6 is 11.6 Å². The third-order valence-electron chi connectivity index (χ3n) is 2.20. The Balaban J connectivity index is 2.58. The summed E-state index contributed by atoms with van der Waals surface area (Å²) >= 11 is 5.84.